The van der Waals surface area contributed by atoms with Gasteiger partial charge in [0.15, 0.2) is 5.13 Å². The molecule has 4 nitrogen and oxygen atoms in total. The second-order valence-corrected chi connectivity index (χ2v) is 7.15. The molecule has 1 aromatic carbocycles. The molecule has 2 heterocycles. The van der Waals surface area contributed by atoms with Crippen LogP contribution >= 0.6 is 11.3 Å². The van der Waals surface area contributed by atoms with Crippen molar-refractivity contribution in [2.45, 2.75) is 26.3 Å². The number of thiazole rings is 1. The van der Waals surface area contributed by atoms with E-state index in [1.54, 1.807) is 12.1 Å². The number of halogens is 1. The molecule has 1 amide bonds. The van der Waals surface area contributed by atoms with E-state index >= 15 is 0 Å². The van der Waals surface area contributed by atoms with Crippen LogP contribution in [0.2, 0.25) is 0 Å². The summed E-state index contributed by atoms with van der Waals surface area (Å²) in [7, 11) is 0. The smallest absolute Gasteiger partial charge is 0.223 e. The van der Waals surface area contributed by atoms with Gasteiger partial charge < -0.3 is 5.32 Å². The van der Waals surface area contributed by atoms with Gasteiger partial charge in [-0.2, -0.15) is 0 Å². The quantitative estimate of drug-likeness (QED) is 0.913. The number of carbonyl (C=O) groups is 1. The van der Waals surface area contributed by atoms with Crippen LogP contribution < -0.4 is 5.32 Å². The van der Waals surface area contributed by atoms with Gasteiger partial charge in [0.2, 0.25) is 5.91 Å². The molecule has 1 atom stereocenters. The van der Waals surface area contributed by atoms with Crippen LogP contribution in [0.5, 0.6) is 0 Å². The number of nitrogens with one attached hydrogen (secondary N) is 1. The molecule has 0 radical (unpaired) electrons. The van der Waals surface area contributed by atoms with Gasteiger partial charge in [-0.05, 0) is 43.0 Å². The number of rotatable bonds is 5. The summed E-state index contributed by atoms with van der Waals surface area (Å²) in [5.41, 5.74) is 1.07. The highest BCUT2D eigenvalue weighted by atomic mass is 32.1. The second kappa shape index (κ2) is 7.19. The zero-order chi connectivity index (χ0) is 16.2. The number of hydrogen-bond acceptors (Lipinski definition) is 4. The standard InChI is InChI=1S/C17H20FN3OS/c1-12(22)20-17-19-9-16(23-17)11-21-6-5-14(10-21)7-13-3-2-4-15(18)8-13/h2-4,8-9,14H,5-7,10-11H2,1H3,(H,19,20,22)/t14-/m1/s1. The highest BCUT2D eigenvalue weighted by Crippen LogP contribution is 2.25. The summed E-state index contributed by atoms with van der Waals surface area (Å²) in [4.78, 5) is 18.8. The molecule has 1 fully saturated rings. The maximum atomic E-state index is 13.3. The average molecular weight is 333 g/mol. The van der Waals surface area contributed by atoms with Crippen molar-refractivity contribution in [2.75, 3.05) is 18.4 Å². The van der Waals surface area contributed by atoms with E-state index in [2.05, 4.69) is 15.2 Å². The Kier molecular flexibility index (Phi) is 5.03. The molecule has 1 N–H and O–H groups in total. The molecule has 0 aliphatic carbocycles. The average Bonchev–Trinajstić information content (AvgIpc) is 3.09. The Morgan fingerprint density at radius 1 is 1.52 bits per heavy atom. The van der Waals surface area contributed by atoms with Crippen molar-refractivity contribution in [2.24, 2.45) is 5.92 Å². The lowest BCUT2D eigenvalue weighted by molar-refractivity contribution is -0.114. The van der Waals surface area contributed by atoms with Crippen molar-refractivity contribution in [3.63, 3.8) is 0 Å². The Bertz CT molecular complexity index is 688. The molecule has 0 unspecified atom stereocenters. The zero-order valence-corrected chi connectivity index (χ0v) is 13.9. The first-order valence-corrected chi connectivity index (χ1v) is 8.59. The number of anilines is 1. The van der Waals surface area contributed by atoms with E-state index in [9.17, 15) is 9.18 Å². The van der Waals surface area contributed by atoms with Crippen molar-refractivity contribution in [1.29, 1.82) is 0 Å². The predicted molar refractivity (Wildman–Crippen MR) is 89.9 cm³/mol. The molecule has 1 aromatic heterocycles. The van der Waals surface area contributed by atoms with Crippen LogP contribution in [-0.4, -0.2) is 28.9 Å². The number of likely N-dealkylation sites (tertiary alicyclic amines) is 1. The van der Waals surface area contributed by atoms with E-state index in [-0.39, 0.29) is 11.7 Å². The van der Waals surface area contributed by atoms with Gasteiger partial charge in [0.25, 0.3) is 0 Å². The Balaban J connectivity index is 1.51. The molecular formula is C17H20FN3OS. The minimum atomic E-state index is -0.160. The predicted octanol–water partition coefficient (Wildman–Crippen LogP) is 3.31. The van der Waals surface area contributed by atoms with Crippen LogP contribution in [0, 0.1) is 11.7 Å². The maximum Gasteiger partial charge on any atom is 0.223 e. The first kappa shape index (κ1) is 16.1. The van der Waals surface area contributed by atoms with Crippen LogP contribution in [0.3, 0.4) is 0 Å². The van der Waals surface area contributed by atoms with Gasteiger partial charge in [-0.15, -0.1) is 11.3 Å². The SMILES string of the molecule is CC(=O)Nc1ncc(CN2CC[C@H](Cc3cccc(F)c3)C2)s1. The van der Waals surface area contributed by atoms with Crippen molar-refractivity contribution in [3.05, 3.63) is 46.7 Å². The molecule has 6 heteroatoms. The van der Waals surface area contributed by atoms with Gasteiger partial charge >= 0.3 is 0 Å². The first-order chi connectivity index (χ1) is 11.1. The molecule has 23 heavy (non-hydrogen) atoms. The molecule has 1 aliphatic rings. The Morgan fingerprint density at radius 3 is 3.17 bits per heavy atom. The number of benzene rings is 1. The third kappa shape index (κ3) is 4.59. The summed E-state index contributed by atoms with van der Waals surface area (Å²) in [6, 6.07) is 6.89. The minimum absolute atomic E-state index is 0.0952. The minimum Gasteiger partial charge on any atom is -0.302 e. The molecule has 1 aliphatic heterocycles. The number of nitrogens with zero attached hydrogens (tertiary/aromatic N) is 2. The Morgan fingerprint density at radius 2 is 2.39 bits per heavy atom. The summed E-state index contributed by atoms with van der Waals surface area (Å²) in [6.45, 7) is 4.41. The molecule has 0 spiro atoms. The fraction of sp³-hybridized carbons (Fsp3) is 0.412. The highest BCUT2D eigenvalue weighted by Gasteiger charge is 2.23. The van der Waals surface area contributed by atoms with Crippen LogP contribution in [0.25, 0.3) is 0 Å². The van der Waals surface area contributed by atoms with Gasteiger partial charge in [0.05, 0.1) is 0 Å². The molecule has 2 aromatic rings. The zero-order valence-electron chi connectivity index (χ0n) is 13.1. The summed E-state index contributed by atoms with van der Waals surface area (Å²) in [5.74, 6) is 0.314. The van der Waals surface area contributed by atoms with Crippen LogP contribution in [-0.2, 0) is 17.8 Å². The van der Waals surface area contributed by atoms with Crippen molar-refractivity contribution >= 4 is 22.4 Å². The summed E-state index contributed by atoms with van der Waals surface area (Å²) < 4.78 is 13.3. The molecule has 1 saturated heterocycles. The lowest BCUT2D eigenvalue weighted by Crippen LogP contribution is -2.20. The maximum absolute atomic E-state index is 13.3. The largest absolute Gasteiger partial charge is 0.302 e. The fourth-order valence-electron chi connectivity index (χ4n) is 3.03. The Labute approximate surface area is 139 Å². The van der Waals surface area contributed by atoms with Crippen molar-refractivity contribution < 1.29 is 9.18 Å². The topological polar surface area (TPSA) is 45.2 Å². The van der Waals surface area contributed by atoms with Gasteiger partial charge in [-0.25, -0.2) is 9.37 Å². The van der Waals surface area contributed by atoms with Gasteiger partial charge in [-0.1, -0.05) is 12.1 Å². The van der Waals surface area contributed by atoms with E-state index in [0.717, 1.165) is 42.9 Å². The van der Waals surface area contributed by atoms with Crippen LogP contribution in [0.15, 0.2) is 30.5 Å². The van der Waals surface area contributed by atoms with Gasteiger partial charge in [0.1, 0.15) is 5.82 Å². The van der Waals surface area contributed by atoms with Crippen LogP contribution in [0.4, 0.5) is 9.52 Å². The van der Waals surface area contributed by atoms with E-state index in [1.165, 1.54) is 24.3 Å². The number of hydrogen-bond donors (Lipinski definition) is 1. The van der Waals surface area contributed by atoms with E-state index in [4.69, 9.17) is 0 Å². The lowest BCUT2D eigenvalue weighted by atomic mass is 9.99. The first-order valence-electron chi connectivity index (χ1n) is 7.77. The highest BCUT2D eigenvalue weighted by molar-refractivity contribution is 7.15. The van der Waals surface area contributed by atoms with Crippen molar-refractivity contribution in [3.8, 4) is 0 Å². The molecule has 0 bridgehead atoms. The molecular weight excluding hydrogens is 313 g/mol. The lowest BCUT2D eigenvalue weighted by Gasteiger charge is -2.14. The van der Waals surface area contributed by atoms with Crippen LogP contribution in [0.1, 0.15) is 23.8 Å². The van der Waals surface area contributed by atoms with Gasteiger partial charge in [-0.3, -0.25) is 9.69 Å². The molecule has 0 saturated carbocycles. The Hall–Kier alpha value is -1.79. The number of amides is 1. The summed E-state index contributed by atoms with van der Waals surface area (Å²) >= 11 is 1.52. The second-order valence-electron chi connectivity index (χ2n) is 6.04. The van der Waals surface area contributed by atoms with Crippen molar-refractivity contribution in [1.82, 2.24) is 9.88 Å². The number of aromatic nitrogens is 1. The van der Waals surface area contributed by atoms with Gasteiger partial charge in [0, 0.05) is 31.1 Å². The fourth-order valence-corrected chi connectivity index (χ4v) is 3.93. The van der Waals surface area contributed by atoms with E-state index in [0.29, 0.717) is 11.0 Å². The number of carbonyl (C=O) groups excluding carboxylic acids is 1. The normalized spacial score (nSPS) is 18.3. The summed E-state index contributed by atoms with van der Waals surface area (Å²) in [5, 5.41) is 3.37. The third-order valence-electron chi connectivity index (χ3n) is 4.00. The molecule has 122 valence electrons. The monoisotopic (exact) mass is 333 g/mol. The third-order valence-corrected chi connectivity index (χ3v) is 4.90. The summed E-state index contributed by atoms with van der Waals surface area (Å²) in [6.07, 6.45) is 3.89. The molecule has 3 rings (SSSR count). The van der Waals surface area contributed by atoms with E-state index < -0.39 is 0 Å². The van der Waals surface area contributed by atoms with E-state index in [1.807, 2.05) is 12.3 Å².